The number of carbonyl (C=O) groups is 1. The molecule has 0 bridgehead atoms. The number of benzene rings is 1. The average Bonchev–Trinajstić information content (AvgIpc) is 2.69. The molecular weight excluding hydrogens is 214 g/mol. The molecule has 1 aromatic rings. The highest BCUT2D eigenvalue weighted by atomic mass is 16.2. The zero-order chi connectivity index (χ0) is 12.3. The van der Waals surface area contributed by atoms with Gasteiger partial charge in [0.05, 0.1) is 5.71 Å². The minimum absolute atomic E-state index is 0.392. The van der Waals surface area contributed by atoms with Crippen molar-refractivity contribution in [2.24, 2.45) is 9.98 Å². The zero-order valence-electron chi connectivity index (χ0n) is 10.1. The summed E-state index contributed by atoms with van der Waals surface area (Å²) >= 11 is 0. The number of aliphatic imine (C=N–C) groups is 2. The second-order valence-corrected chi connectivity index (χ2v) is 4.16. The molecule has 0 radical (unpaired) electrons. The van der Waals surface area contributed by atoms with Gasteiger partial charge >= 0.3 is 6.03 Å². The number of urea groups is 1. The molecule has 0 N–H and O–H groups in total. The normalized spacial score (nSPS) is 14.6. The maximum Gasteiger partial charge on any atom is 0.369 e. The Labute approximate surface area is 101 Å². The van der Waals surface area contributed by atoms with Gasteiger partial charge in [0.1, 0.15) is 0 Å². The monoisotopic (exact) mass is 229 g/mol. The fourth-order valence-corrected chi connectivity index (χ4v) is 1.78. The van der Waals surface area contributed by atoms with Gasteiger partial charge in [-0.25, -0.2) is 4.79 Å². The van der Waals surface area contributed by atoms with Crippen molar-refractivity contribution in [3.8, 4) is 0 Å². The van der Waals surface area contributed by atoms with Gasteiger partial charge in [0, 0.05) is 14.1 Å². The van der Waals surface area contributed by atoms with E-state index in [1.165, 1.54) is 5.56 Å². The number of hydrogen-bond donors (Lipinski definition) is 0. The van der Waals surface area contributed by atoms with E-state index in [0.717, 1.165) is 18.6 Å². The molecule has 1 aliphatic heterocycles. The number of nitrogens with zero attached hydrogens (tertiary/aromatic N) is 3. The molecule has 0 atom stereocenters. The molecule has 88 valence electrons. The molecule has 17 heavy (non-hydrogen) atoms. The molecule has 2 amide bonds. The Morgan fingerprint density at radius 1 is 1.06 bits per heavy atom. The molecule has 0 fully saturated rings. The lowest BCUT2D eigenvalue weighted by atomic mass is 10.1. The summed E-state index contributed by atoms with van der Waals surface area (Å²) in [5.41, 5.74) is 2.02. The van der Waals surface area contributed by atoms with Crippen molar-refractivity contribution in [1.82, 2.24) is 4.90 Å². The maximum atomic E-state index is 11.2. The first-order valence-corrected chi connectivity index (χ1v) is 5.58. The quantitative estimate of drug-likeness (QED) is 0.797. The van der Waals surface area contributed by atoms with Crippen LogP contribution in [-0.4, -0.2) is 36.6 Å². The van der Waals surface area contributed by atoms with Gasteiger partial charge in [0.15, 0.2) is 5.84 Å². The van der Waals surface area contributed by atoms with Crippen LogP contribution < -0.4 is 0 Å². The van der Waals surface area contributed by atoms with Gasteiger partial charge in [0.25, 0.3) is 0 Å². The van der Waals surface area contributed by atoms with Crippen LogP contribution in [0.15, 0.2) is 40.3 Å². The Hall–Kier alpha value is -1.97. The molecule has 0 saturated heterocycles. The van der Waals surface area contributed by atoms with Gasteiger partial charge in [-0.2, -0.15) is 9.98 Å². The lowest BCUT2D eigenvalue weighted by Gasteiger charge is -2.13. The standard InChI is InChI=1S/C13H15N3O/c1-16(2)12-11(14-13(17)15-12)9-8-10-6-4-3-5-7-10/h3-7H,8-9H2,1-2H3. The second-order valence-electron chi connectivity index (χ2n) is 4.16. The summed E-state index contributed by atoms with van der Waals surface area (Å²) < 4.78 is 0. The van der Waals surface area contributed by atoms with E-state index in [9.17, 15) is 4.79 Å². The number of amidine groups is 1. The number of aryl methyl sites for hydroxylation is 1. The number of carbonyl (C=O) groups excluding carboxylic acids is 1. The van der Waals surface area contributed by atoms with Gasteiger partial charge < -0.3 is 4.90 Å². The first-order valence-electron chi connectivity index (χ1n) is 5.58. The maximum absolute atomic E-state index is 11.2. The van der Waals surface area contributed by atoms with Crippen LogP contribution in [-0.2, 0) is 6.42 Å². The summed E-state index contributed by atoms with van der Waals surface area (Å²) in [6, 6.07) is 9.77. The number of rotatable bonds is 3. The van der Waals surface area contributed by atoms with E-state index in [0.29, 0.717) is 5.84 Å². The highest BCUT2D eigenvalue weighted by Gasteiger charge is 2.20. The Balaban J connectivity index is 2.03. The van der Waals surface area contributed by atoms with E-state index < -0.39 is 6.03 Å². The van der Waals surface area contributed by atoms with E-state index in [-0.39, 0.29) is 0 Å². The highest BCUT2D eigenvalue weighted by Crippen LogP contribution is 2.09. The minimum atomic E-state index is -0.392. The van der Waals surface area contributed by atoms with Crippen molar-refractivity contribution in [3.05, 3.63) is 35.9 Å². The van der Waals surface area contributed by atoms with Crippen LogP contribution in [0.2, 0.25) is 0 Å². The predicted octanol–water partition coefficient (Wildman–Crippen LogP) is 2.15. The predicted molar refractivity (Wildman–Crippen MR) is 68.7 cm³/mol. The summed E-state index contributed by atoms with van der Waals surface area (Å²) in [6.45, 7) is 0. The molecule has 0 spiro atoms. The Kier molecular flexibility index (Phi) is 3.32. The molecule has 1 aliphatic rings. The third-order valence-corrected chi connectivity index (χ3v) is 2.61. The Bertz CT molecular complexity index is 475. The van der Waals surface area contributed by atoms with Crippen molar-refractivity contribution >= 4 is 17.6 Å². The highest BCUT2D eigenvalue weighted by molar-refractivity contribution is 6.46. The Morgan fingerprint density at radius 3 is 2.41 bits per heavy atom. The first-order chi connectivity index (χ1) is 8.16. The average molecular weight is 229 g/mol. The van der Waals surface area contributed by atoms with Crippen LogP contribution in [0.25, 0.3) is 0 Å². The van der Waals surface area contributed by atoms with Gasteiger partial charge in [-0.15, -0.1) is 0 Å². The molecule has 1 heterocycles. The van der Waals surface area contributed by atoms with Crippen LogP contribution in [0.1, 0.15) is 12.0 Å². The lowest BCUT2D eigenvalue weighted by Crippen LogP contribution is -2.28. The molecule has 2 rings (SSSR count). The van der Waals surface area contributed by atoms with Crippen LogP contribution in [0, 0.1) is 0 Å². The van der Waals surface area contributed by atoms with E-state index >= 15 is 0 Å². The van der Waals surface area contributed by atoms with Gasteiger partial charge in [0.2, 0.25) is 0 Å². The fourth-order valence-electron chi connectivity index (χ4n) is 1.78. The smallest absolute Gasteiger partial charge is 0.361 e. The molecule has 4 heteroatoms. The Morgan fingerprint density at radius 2 is 1.76 bits per heavy atom. The summed E-state index contributed by atoms with van der Waals surface area (Å²) in [5, 5.41) is 0. The van der Waals surface area contributed by atoms with Gasteiger partial charge in [-0.3, -0.25) is 0 Å². The fraction of sp³-hybridized carbons (Fsp3) is 0.308. The summed E-state index contributed by atoms with van der Waals surface area (Å²) in [4.78, 5) is 20.8. The van der Waals surface area contributed by atoms with Gasteiger partial charge in [-0.05, 0) is 18.4 Å². The SMILES string of the molecule is CN(C)C1=NC(=O)N=C1CCc1ccccc1. The number of amides is 2. The van der Waals surface area contributed by atoms with Crippen molar-refractivity contribution in [2.75, 3.05) is 14.1 Å². The van der Waals surface area contributed by atoms with Crippen LogP contribution >= 0.6 is 0 Å². The third-order valence-electron chi connectivity index (χ3n) is 2.61. The number of hydrogen-bond acceptors (Lipinski definition) is 2. The van der Waals surface area contributed by atoms with Crippen molar-refractivity contribution in [1.29, 1.82) is 0 Å². The molecule has 0 saturated carbocycles. The van der Waals surface area contributed by atoms with E-state index in [1.54, 1.807) is 0 Å². The molecule has 0 aliphatic carbocycles. The van der Waals surface area contributed by atoms with Crippen molar-refractivity contribution < 1.29 is 4.79 Å². The molecule has 0 aromatic heterocycles. The van der Waals surface area contributed by atoms with Crippen LogP contribution in [0.3, 0.4) is 0 Å². The third kappa shape index (κ3) is 2.78. The van der Waals surface area contributed by atoms with Crippen LogP contribution in [0.4, 0.5) is 4.79 Å². The molecular formula is C13H15N3O. The second kappa shape index (κ2) is 4.91. The van der Waals surface area contributed by atoms with E-state index in [4.69, 9.17) is 0 Å². The van der Waals surface area contributed by atoms with E-state index in [2.05, 4.69) is 22.1 Å². The molecule has 1 aromatic carbocycles. The minimum Gasteiger partial charge on any atom is -0.361 e. The molecule has 0 unspecified atom stereocenters. The summed E-state index contributed by atoms with van der Waals surface area (Å²) in [5.74, 6) is 0.686. The van der Waals surface area contributed by atoms with Crippen molar-refractivity contribution in [3.63, 3.8) is 0 Å². The molecule has 4 nitrogen and oxygen atoms in total. The topological polar surface area (TPSA) is 45.0 Å². The van der Waals surface area contributed by atoms with Crippen LogP contribution in [0.5, 0.6) is 0 Å². The first kappa shape index (κ1) is 11.5. The van der Waals surface area contributed by atoms with Crippen molar-refractivity contribution in [2.45, 2.75) is 12.8 Å². The summed E-state index contributed by atoms with van der Waals surface area (Å²) in [6.07, 6.45) is 1.62. The van der Waals surface area contributed by atoms with E-state index in [1.807, 2.05) is 37.2 Å². The van der Waals surface area contributed by atoms with Gasteiger partial charge in [-0.1, -0.05) is 30.3 Å². The largest absolute Gasteiger partial charge is 0.369 e. The zero-order valence-corrected chi connectivity index (χ0v) is 10.1. The summed E-state index contributed by atoms with van der Waals surface area (Å²) in [7, 11) is 3.74. The lowest BCUT2D eigenvalue weighted by molar-refractivity contribution is 0.257.